The van der Waals surface area contributed by atoms with Crippen molar-refractivity contribution in [2.45, 2.75) is 19.9 Å². The topological polar surface area (TPSA) is 99.3 Å². The zero-order valence-corrected chi connectivity index (χ0v) is 15.6. The summed E-state index contributed by atoms with van der Waals surface area (Å²) in [4.78, 5) is 35.9. The SMILES string of the molecule is CNC(=O)c1cccc(NCC(=O)Nc2cccc(C(=O)NC(C)C)c2)c1. The van der Waals surface area contributed by atoms with E-state index in [0.717, 1.165) is 0 Å². The average molecular weight is 368 g/mol. The van der Waals surface area contributed by atoms with Crippen molar-refractivity contribution in [3.63, 3.8) is 0 Å². The Labute approximate surface area is 158 Å². The van der Waals surface area contributed by atoms with Crippen molar-refractivity contribution in [1.29, 1.82) is 0 Å². The van der Waals surface area contributed by atoms with Gasteiger partial charge in [-0.2, -0.15) is 0 Å². The second-order valence-corrected chi connectivity index (χ2v) is 6.27. The molecule has 2 aromatic rings. The maximum atomic E-state index is 12.2. The van der Waals surface area contributed by atoms with Crippen LogP contribution in [0.4, 0.5) is 11.4 Å². The number of rotatable bonds is 7. The number of amides is 3. The zero-order chi connectivity index (χ0) is 19.8. The lowest BCUT2D eigenvalue weighted by Crippen LogP contribution is -2.30. The van der Waals surface area contributed by atoms with Gasteiger partial charge in [-0.3, -0.25) is 14.4 Å². The van der Waals surface area contributed by atoms with Gasteiger partial charge in [0.05, 0.1) is 6.54 Å². The van der Waals surface area contributed by atoms with E-state index >= 15 is 0 Å². The summed E-state index contributed by atoms with van der Waals surface area (Å²) in [7, 11) is 1.56. The minimum Gasteiger partial charge on any atom is -0.376 e. The number of benzene rings is 2. The molecule has 2 rings (SSSR count). The second kappa shape index (κ2) is 9.38. The van der Waals surface area contributed by atoms with Crippen LogP contribution in [-0.4, -0.2) is 37.4 Å². The minimum absolute atomic E-state index is 0.0274. The number of nitrogens with one attached hydrogen (secondary N) is 4. The van der Waals surface area contributed by atoms with Gasteiger partial charge in [-0.1, -0.05) is 12.1 Å². The first-order chi connectivity index (χ1) is 12.9. The molecular formula is C20H24N4O3. The van der Waals surface area contributed by atoms with Gasteiger partial charge in [0.15, 0.2) is 0 Å². The van der Waals surface area contributed by atoms with Crippen LogP contribution >= 0.6 is 0 Å². The Bertz CT molecular complexity index is 833. The molecule has 7 heteroatoms. The molecule has 0 spiro atoms. The van der Waals surface area contributed by atoms with Crippen molar-refractivity contribution in [2.24, 2.45) is 0 Å². The molecule has 0 aliphatic heterocycles. The summed E-state index contributed by atoms with van der Waals surface area (Å²) in [6, 6.07) is 13.7. The third-order valence-electron chi connectivity index (χ3n) is 3.63. The Morgan fingerprint density at radius 3 is 2.11 bits per heavy atom. The molecule has 3 amide bonds. The Morgan fingerprint density at radius 1 is 0.889 bits per heavy atom. The number of carbonyl (C=O) groups is 3. The molecule has 7 nitrogen and oxygen atoms in total. The van der Waals surface area contributed by atoms with Gasteiger partial charge in [-0.15, -0.1) is 0 Å². The van der Waals surface area contributed by atoms with Gasteiger partial charge in [0.2, 0.25) is 5.91 Å². The molecule has 0 atom stereocenters. The van der Waals surface area contributed by atoms with Crippen LogP contribution < -0.4 is 21.3 Å². The van der Waals surface area contributed by atoms with Crippen LogP contribution in [0.1, 0.15) is 34.6 Å². The van der Waals surface area contributed by atoms with E-state index in [1.54, 1.807) is 55.6 Å². The molecule has 0 aliphatic carbocycles. The summed E-state index contributed by atoms with van der Waals surface area (Å²) in [5.74, 6) is -0.647. The fraction of sp³-hybridized carbons (Fsp3) is 0.250. The Kier molecular flexibility index (Phi) is 6.93. The number of carbonyl (C=O) groups excluding carboxylic acids is 3. The molecule has 0 aromatic heterocycles. The third-order valence-corrected chi connectivity index (χ3v) is 3.63. The quantitative estimate of drug-likeness (QED) is 0.602. The predicted molar refractivity (Wildman–Crippen MR) is 106 cm³/mol. The Morgan fingerprint density at radius 2 is 1.48 bits per heavy atom. The summed E-state index contributed by atoms with van der Waals surface area (Å²) in [6.07, 6.45) is 0. The van der Waals surface area contributed by atoms with Gasteiger partial charge in [0, 0.05) is 35.6 Å². The van der Waals surface area contributed by atoms with Gasteiger partial charge >= 0.3 is 0 Å². The molecule has 0 radical (unpaired) electrons. The van der Waals surface area contributed by atoms with Crippen molar-refractivity contribution in [3.8, 4) is 0 Å². The van der Waals surface area contributed by atoms with Gasteiger partial charge in [-0.05, 0) is 50.2 Å². The van der Waals surface area contributed by atoms with Crippen molar-refractivity contribution < 1.29 is 14.4 Å². The smallest absolute Gasteiger partial charge is 0.251 e. The van der Waals surface area contributed by atoms with Crippen LogP contribution in [-0.2, 0) is 4.79 Å². The van der Waals surface area contributed by atoms with Crippen LogP contribution in [0.15, 0.2) is 48.5 Å². The average Bonchev–Trinajstić information content (AvgIpc) is 2.65. The second-order valence-electron chi connectivity index (χ2n) is 6.27. The van der Waals surface area contributed by atoms with E-state index in [1.165, 1.54) is 0 Å². The first kappa shape index (κ1) is 20.0. The van der Waals surface area contributed by atoms with Gasteiger partial charge in [0.1, 0.15) is 0 Å². The first-order valence-electron chi connectivity index (χ1n) is 8.66. The number of anilines is 2. The lowest BCUT2D eigenvalue weighted by molar-refractivity contribution is -0.114. The molecule has 2 aromatic carbocycles. The van der Waals surface area contributed by atoms with Crippen molar-refractivity contribution >= 4 is 29.1 Å². The Hall–Kier alpha value is -3.35. The maximum Gasteiger partial charge on any atom is 0.251 e. The molecule has 142 valence electrons. The lowest BCUT2D eigenvalue weighted by Gasteiger charge is -2.11. The monoisotopic (exact) mass is 368 g/mol. The minimum atomic E-state index is -0.262. The van der Waals surface area contributed by atoms with E-state index in [1.807, 2.05) is 13.8 Å². The normalized spacial score (nSPS) is 10.2. The highest BCUT2D eigenvalue weighted by Crippen LogP contribution is 2.12. The van der Waals surface area contributed by atoms with Crippen LogP contribution in [0.25, 0.3) is 0 Å². The van der Waals surface area contributed by atoms with Crippen LogP contribution in [0.5, 0.6) is 0 Å². The molecule has 0 aliphatic rings. The summed E-state index contributed by atoms with van der Waals surface area (Å²) >= 11 is 0. The molecule has 0 heterocycles. The number of hydrogen-bond acceptors (Lipinski definition) is 4. The van der Waals surface area contributed by atoms with Crippen LogP contribution in [0.2, 0.25) is 0 Å². The summed E-state index contributed by atoms with van der Waals surface area (Å²) in [5, 5.41) is 11.1. The standard InChI is InChI=1S/C20H24N4O3/c1-13(2)23-20(27)15-7-5-9-17(11-15)24-18(25)12-22-16-8-4-6-14(10-16)19(26)21-3/h4-11,13,22H,12H2,1-3H3,(H,21,26)(H,23,27)(H,24,25). The zero-order valence-electron chi connectivity index (χ0n) is 15.6. The van der Waals surface area contributed by atoms with Gasteiger partial charge < -0.3 is 21.3 Å². The van der Waals surface area contributed by atoms with E-state index in [2.05, 4.69) is 21.3 Å². The highest BCUT2D eigenvalue weighted by molar-refractivity contribution is 5.98. The van der Waals surface area contributed by atoms with Crippen molar-refractivity contribution in [2.75, 3.05) is 24.2 Å². The fourth-order valence-corrected chi connectivity index (χ4v) is 2.39. The lowest BCUT2D eigenvalue weighted by atomic mass is 10.1. The van der Waals surface area contributed by atoms with Gasteiger partial charge in [-0.25, -0.2) is 0 Å². The van der Waals surface area contributed by atoms with Crippen molar-refractivity contribution in [3.05, 3.63) is 59.7 Å². The Balaban J connectivity index is 1.94. The van der Waals surface area contributed by atoms with Crippen LogP contribution in [0, 0.1) is 0 Å². The van der Waals surface area contributed by atoms with E-state index < -0.39 is 0 Å². The third kappa shape index (κ3) is 6.14. The highest BCUT2D eigenvalue weighted by Gasteiger charge is 2.09. The van der Waals surface area contributed by atoms with Crippen molar-refractivity contribution in [1.82, 2.24) is 10.6 Å². The highest BCUT2D eigenvalue weighted by atomic mass is 16.2. The molecule has 4 N–H and O–H groups in total. The molecule has 0 saturated heterocycles. The first-order valence-corrected chi connectivity index (χ1v) is 8.66. The molecule has 0 saturated carbocycles. The molecule has 0 fully saturated rings. The molecule has 0 bridgehead atoms. The fourth-order valence-electron chi connectivity index (χ4n) is 2.39. The van der Waals surface area contributed by atoms with E-state index in [4.69, 9.17) is 0 Å². The van der Waals surface area contributed by atoms with E-state index in [-0.39, 0.29) is 30.3 Å². The summed E-state index contributed by atoms with van der Waals surface area (Å²) < 4.78 is 0. The number of hydrogen-bond donors (Lipinski definition) is 4. The van der Waals surface area contributed by atoms with Crippen LogP contribution in [0.3, 0.4) is 0 Å². The predicted octanol–water partition coefficient (Wildman–Crippen LogP) is 2.23. The molecule has 0 unspecified atom stereocenters. The van der Waals surface area contributed by atoms with E-state index in [0.29, 0.717) is 22.5 Å². The van der Waals surface area contributed by atoms with Gasteiger partial charge in [0.25, 0.3) is 11.8 Å². The maximum absolute atomic E-state index is 12.2. The van der Waals surface area contributed by atoms with E-state index in [9.17, 15) is 14.4 Å². The largest absolute Gasteiger partial charge is 0.376 e. The molecular weight excluding hydrogens is 344 g/mol. The summed E-state index contributed by atoms with van der Waals surface area (Å²) in [6.45, 7) is 3.79. The summed E-state index contributed by atoms with van der Waals surface area (Å²) in [5.41, 5.74) is 2.19. The molecule has 27 heavy (non-hydrogen) atoms.